The Bertz CT molecular complexity index is 1320. The Morgan fingerprint density at radius 3 is 2.95 bits per heavy atom. The van der Waals surface area contributed by atoms with Crippen LogP contribution in [0.25, 0.3) is 0 Å². The third-order valence-electron chi connectivity index (χ3n) is 7.58. The smallest absolute Gasteiger partial charge is 0.415 e. The van der Waals surface area contributed by atoms with Gasteiger partial charge in [-0.3, -0.25) is 9.69 Å². The van der Waals surface area contributed by atoms with Crippen LogP contribution in [0.15, 0.2) is 24.3 Å². The molecular formula is C27H30N6O5. The Kier molecular flexibility index (Phi) is 6.29. The van der Waals surface area contributed by atoms with Crippen LogP contribution >= 0.6 is 0 Å². The zero-order valence-corrected chi connectivity index (χ0v) is 21.0. The number of pyridine rings is 1. The van der Waals surface area contributed by atoms with Crippen LogP contribution in [0, 0.1) is 17.2 Å². The lowest BCUT2D eigenvalue weighted by atomic mass is 10.0. The number of nitrogens with zero attached hydrogens (tertiary/aromatic N) is 3. The highest BCUT2D eigenvalue weighted by Gasteiger charge is 2.39. The first-order valence-corrected chi connectivity index (χ1v) is 13.0. The van der Waals surface area contributed by atoms with E-state index in [0.29, 0.717) is 60.7 Å². The van der Waals surface area contributed by atoms with E-state index < -0.39 is 6.09 Å². The van der Waals surface area contributed by atoms with E-state index in [0.717, 1.165) is 37.8 Å². The summed E-state index contributed by atoms with van der Waals surface area (Å²) in [6.07, 6.45) is 3.61. The number of cyclic esters (lactones) is 1. The minimum Gasteiger partial charge on any atom is -0.490 e. The van der Waals surface area contributed by atoms with Gasteiger partial charge in [-0.15, -0.1) is 0 Å². The van der Waals surface area contributed by atoms with Crippen molar-refractivity contribution in [2.45, 2.75) is 43.7 Å². The van der Waals surface area contributed by atoms with Gasteiger partial charge in [0.25, 0.3) is 5.91 Å². The van der Waals surface area contributed by atoms with E-state index in [9.17, 15) is 14.9 Å². The summed E-state index contributed by atoms with van der Waals surface area (Å²) in [7, 11) is 0. The van der Waals surface area contributed by atoms with Gasteiger partial charge in [0, 0.05) is 0 Å². The van der Waals surface area contributed by atoms with Crippen molar-refractivity contribution in [3.05, 3.63) is 41.0 Å². The number of benzene rings is 1. The summed E-state index contributed by atoms with van der Waals surface area (Å²) in [4.78, 5) is 29.9. The molecule has 3 heterocycles. The fourth-order valence-electron chi connectivity index (χ4n) is 5.21. The first-order chi connectivity index (χ1) is 18.4. The van der Waals surface area contributed by atoms with Crippen LogP contribution in [0.1, 0.15) is 36.0 Å². The van der Waals surface area contributed by atoms with Crippen molar-refractivity contribution >= 4 is 23.6 Å². The van der Waals surface area contributed by atoms with Gasteiger partial charge < -0.3 is 30.6 Å². The van der Waals surface area contributed by atoms with E-state index in [-0.39, 0.29) is 24.2 Å². The number of amides is 2. The first kappa shape index (κ1) is 24.5. The molecule has 6 rings (SSSR count). The SMILES string of the molecule is N#Cc1c(OCC2(N)CC2)ccc2c1CC(CNCCC1CN(c3ccc4c(n3)NC(=O)CO4)C(=O)O1)C2. The standard InChI is InChI=1S/C27H30N6O5/c28-11-20-19-10-16(9-17(19)1-2-21(20)37-15-27(29)6-7-27)12-30-8-5-18-13-33(26(35)38-18)23-4-3-22-25(31-23)32-24(34)14-36-22/h1-4,16,18,30H,5-10,12-15,29H2,(H,31,32,34). The van der Waals surface area contributed by atoms with Crippen LogP contribution < -0.4 is 30.7 Å². The minimum atomic E-state index is -0.457. The maximum absolute atomic E-state index is 12.5. The molecule has 11 heteroatoms. The van der Waals surface area contributed by atoms with E-state index in [1.807, 2.05) is 6.07 Å². The number of anilines is 2. The van der Waals surface area contributed by atoms with Gasteiger partial charge in [0.1, 0.15) is 30.3 Å². The predicted octanol–water partition coefficient (Wildman–Crippen LogP) is 1.87. The number of ether oxygens (including phenoxy) is 3. The summed E-state index contributed by atoms with van der Waals surface area (Å²) in [5.41, 5.74) is 8.83. The molecule has 1 saturated heterocycles. The molecule has 1 saturated carbocycles. The Morgan fingerprint density at radius 1 is 1.26 bits per heavy atom. The fraction of sp³-hybridized carbons (Fsp3) is 0.481. The zero-order chi connectivity index (χ0) is 26.3. The van der Waals surface area contributed by atoms with E-state index in [4.69, 9.17) is 19.9 Å². The van der Waals surface area contributed by atoms with Crippen molar-refractivity contribution in [2.75, 3.05) is 43.1 Å². The quantitative estimate of drug-likeness (QED) is 0.423. The molecule has 2 atom stereocenters. The largest absolute Gasteiger partial charge is 0.490 e. The van der Waals surface area contributed by atoms with Gasteiger partial charge in [0.15, 0.2) is 18.2 Å². The first-order valence-electron chi connectivity index (χ1n) is 13.0. The van der Waals surface area contributed by atoms with Crippen LogP contribution in [-0.4, -0.2) is 61.5 Å². The van der Waals surface area contributed by atoms with Gasteiger partial charge in [-0.25, -0.2) is 9.78 Å². The molecule has 2 unspecified atom stereocenters. The molecule has 1 aromatic carbocycles. The molecule has 2 amide bonds. The molecule has 0 radical (unpaired) electrons. The molecule has 38 heavy (non-hydrogen) atoms. The summed E-state index contributed by atoms with van der Waals surface area (Å²) < 4.78 is 16.8. The van der Waals surface area contributed by atoms with Gasteiger partial charge >= 0.3 is 6.09 Å². The molecule has 2 aliphatic carbocycles. The maximum atomic E-state index is 12.5. The highest BCUT2D eigenvalue weighted by atomic mass is 16.6. The van der Waals surface area contributed by atoms with Crippen molar-refractivity contribution < 1.29 is 23.8 Å². The molecular weight excluding hydrogens is 488 g/mol. The van der Waals surface area contributed by atoms with Crippen molar-refractivity contribution in [1.82, 2.24) is 10.3 Å². The van der Waals surface area contributed by atoms with Crippen molar-refractivity contribution in [2.24, 2.45) is 11.7 Å². The van der Waals surface area contributed by atoms with E-state index >= 15 is 0 Å². The van der Waals surface area contributed by atoms with Crippen LogP contribution in [0.5, 0.6) is 11.5 Å². The number of aromatic nitrogens is 1. The number of carbonyl (C=O) groups is 2. The Balaban J connectivity index is 0.979. The van der Waals surface area contributed by atoms with Gasteiger partial charge in [-0.1, -0.05) is 6.07 Å². The normalized spacial score (nSPS) is 22.6. The van der Waals surface area contributed by atoms with Crippen molar-refractivity contribution in [3.63, 3.8) is 0 Å². The molecule has 11 nitrogen and oxygen atoms in total. The second kappa shape index (κ2) is 9.78. The van der Waals surface area contributed by atoms with Gasteiger partial charge in [-0.2, -0.15) is 5.26 Å². The maximum Gasteiger partial charge on any atom is 0.415 e. The number of fused-ring (bicyclic) bond motifs is 2. The summed E-state index contributed by atoms with van der Waals surface area (Å²) in [5.74, 6) is 1.93. The zero-order valence-electron chi connectivity index (χ0n) is 21.0. The number of nitrogens with one attached hydrogen (secondary N) is 2. The minimum absolute atomic E-state index is 0.0495. The third kappa shape index (κ3) is 4.97. The lowest BCUT2D eigenvalue weighted by molar-refractivity contribution is -0.118. The number of hydrogen-bond acceptors (Lipinski definition) is 9. The summed E-state index contributed by atoms with van der Waals surface area (Å²) in [5, 5.41) is 15.9. The Morgan fingerprint density at radius 2 is 2.13 bits per heavy atom. The number of nitriles is 1. The summed E-state index contributed by atoms with van der Waals surface area (Å²) in [6, 6.07) is 9.69. The van der Waals surface area contributed by atoms with Gasteiger partial charge in [0.05, 0.1) is 17.6 Å². The molecule has 1 aromatic heterocycles. The van der Waals surface area contributed by atoms with Crippen LogP contribution in [0.2, 0.25) is 0 Å². The molecule has 4 N–H and O–H groups in total. The number of carbonyl (C=O) groups excluding carboxylic acids is 2. The lowest BCUT2D eigenvalue weighted by Crippen LogP contribution is -2.30. The Hall–Kier alpha value is -3.88. The molecule has 2 fully saturated rings. The van der Waals surface area contributed by atoms with E-state index in [1.54, 1.807) is 12.1 Å². The average Bonchev–Trinajstić information content (AvgIpc) is 3.32. The Labute approximate surface area is 220 Å². The molecule has 2 aromatic rings. The number of hydrogen-bond donors (Lipinski definition) is 3. The highest BCUT2D eigenvalue weighted by Crippen LogP contribution is 2.37. The van der Waals surface area contributed by atoms with Crippen LogP contribution in [-0.2, 0) is 22.4 Å². The molecule has 2 aliphatic heterocycles. The molecule has 0 spiro atoms. The molecule has 0 bridgehead atoms. The summed E-state index contributed by atoms with van der Waals surface area (Å²) in [6.45, 7) is 2.28. The predicted molar refractivity (Wildman–Crippen MR) is 137 cm³/mol. The molecule has 4 aliphatic rings. The number of nitrogens with two attached hydrogens (primary N) is 1. The second-order valence-corrected chi connectivity index (χ2v) is 10.6. The lowest BCUT2D eigenvalue weighted by Gasteiger charge is -2.19. The van der Waals surface area contributed by atoms with Crippen LogP contribution in [0.4, 0.5) is 16.4 Å². The third-order valence-corrected chi connectivity index (χ3v) is 7.58. The van der Waals surface area contributed by atoms with Gasteiger partial charge in [0.2, 0.25) is 0 Å². The topological polar surface area (TPSA) is 152 Å². The molecule has 198 valence electrons. The van der Waals surface area contributed by atoms with E-state index in [1.165, 1.54) is 10.5 Å². The number of rotatable bonds is 9. The van der Waals surface area contributed by atoms with Gasteiger partial charge in [-0.05, 0) is 80.4 Å². The van der Waals surface area contributed by atoms with Crippen molar-refractivity contribution in [3.8, 4) is 17.6 Å². The van der Waals surface area contributed by atoms with Crippen molar-refractivity contribution in [1.29, 1.82) is 5.26 Å². The summed E-state index contributed by atoms with van der Waals surface area (Å²) >= 11 is 0. The monoisotopic (exact) mass is 518 g/mol. The highest BCUT2D eigenvalue weighted by molar-refractivity contribution is 5.95. The van der Waals surface area contributed by atoms with Crippen LogP contribution in [0.3, 0.4) is 0 Å². The average molecular weight is 519 g/mol. The van der Waals surface area contributed by atoms with E-state index in [2.05, 4.69) is 27.8 Å². The second-order valence-electron chi connectivity index (χ2n) is 10.6. The fourth-order valence-corrected chi connectivity index (χ4v) is 5.21.